The lowest BCUT2D eigenvalue weighted by atomic mass is 9.84. The van der Waals surface area contributed by atoms with Gasteiger partial charge in [0.2, 0.25) is 5.91 Å². The van der Waals surface area contributed by atoms with Crippen molar-refractivity contribution in [1.82, 2.24) is 0 Å². The molecule has 4 atom stereocenters. The molecule has 3 rings (SSSR count). The summed E-state index contributed by atoms with van der Waals surface area (Å²) in [4.78, 5) is 25.4. The molecule has 21 heavy (non-hydrogen) atoms. The first-order valence-corrected chi connectivity index (χ1v) is 7.41. The zero-order valence-corrected chi connectivity index (χ0v) is 11.8. The summed E-state index contributed by atoms with van der Waals surface area (Å²) < 4.78 is 0. The van der Waals surface area contributed by atoms with Gasteiger partial charge in [-0.25, -0.2) is 0 Å². The van der Waals surface area contributed by atoms with Crippen LogP contribution in [0.5, 0.6) is 0 Å². The number of aliphatic carboxylic acids is 1. The number of para-hydroxylation sites is 1. The fraction of sp³-hybridized carbons (Fsp3) is 0.500. The van der Waals surface area contributed by atoms with Gasteiger partial charge >= 0.3 is 5.97 Å². The minimum Gasteiger partial charge on any atom is -0.480 e. The van der Waals surface area contributed by atoms with Gasteiger partial charge in [0, 0.05) is 11.7 Å². The Morgan fingerprint density at radius 3 is 2.43 bits per heavy atom. The SMILES string of the molecule is NC1C2CCC(C2)C1C(=O)N(CC(=O)O)c1ccccc1. The van der Waals surface area contributed by atoms with Crippen LogP contribution in [-0.4, -0.2) is 29.6 Å². The monoisotopic (exact) mass is 288 g/mol. The van der Waals surface area contributed by atoms with Gasteiger partial charge in [-0.2, -0.15) is 0 Å². The summed E-state index contributed by atoms with van der Waals surface area (Å²) in [5.41, 5.74) is 6.84. The molecule has 0 aromatic heterocycles. The highest BCUT2D eigenvalue weighted by Crippen LogP contribution is 2.48. The Kier molecular flexibility index (Phi) is 3.68. The Hall–Kier alpha value is -1.88. The molecule has 1 aromatic rings. The van der Waals surface area contributed by atoms with E-state index in [4.69, 9.17) is 10.8 Å². The van der Waals surface area contributed by atoms with Crippen LogP contribution in [-0.2, 0) is 9.59 Å². The Labute approximate surface area is 123 Å². The molecule has 1 aromatic carbocycles. The lowest BCUT2D eigenvalue weighted by Crippen LogP contribution is -2.48. The second-order valence-electron chi connectivity index (χ2n) is 6.09. The van der Waals surface area contributed by atoms with Crippen LogP contribution in [0.25, 0.3) is 0 Å². The van der Waals surface area contributed by atoms with Gasteiger partial charge < -0.3 is 15.7 Å². The average Bonchev–Trinajstić information content (AvgIpc) is 3.06. The Balaban J connectivity index is 1.86. The maximum atomic E-state index is 12.9. The number of hydrogen-bond acceptors (Lipinski definition) is 3. The van der Waals surface area contributed by atoms with E-state index in [1.54, 1.807) is 24.3 Å². The fourth-order valence-electron chi connectivity index (χ4n) is 3.92. The zero-order chi connectivity index (χ0) is 15.0. The van der Waals surface area contributed by atoms with Crippen molar-refractivity contribution >= 4 is 17.6 Å². The minimum atomic E-state index is -1.01. The third-order valence-corrected chi connectivity index (χ3v) is 4.89. The molecule has 2 fully saturated rings. The van der Waals surface area contributed by atoms with E-state index >= 15 is 0 Å². The first-order valence-electron chi connectivity index (χ1n) is 7.41. The molecule has 2 aliphatic rings. The van der Waals surface area contributed by atoms with Crippen LogP contribution >= 0.6 is 0 Å². The van der Waals surface area contributed by atoms with Crippen LogP contribution < -0.4 is 10.6 Å². The summed E-state index contributed by atoms with van der Waals surface area (Å²) in [7, 11) is 0. The van der Waals surface area contributed by atoms with Crippen molar-refractivity contribution in [2.24, 2.45) is 23.5 Å². The van der Waals surface area contributed by atoms with E-state index < -0.39 is 5.97 Å². The Morgan fingerprint density at radius 1 is 1.19 bits per heavy atom. The standard InChI is InChI=1S/C16H20N2O3/c17-15-11-7-6-10(8-11)14(15)16(21)18(9-13(19)20)12-4-2-1-3-5-12/h1-5,10-11,14-15H,6-9,17H2,(H,19,20). The van der Waals surface area contributed by atoms with Gasteiger partial charge in [-0.15, -0.1) is 0 Å². The fourth-order valence-corrected chi connectivity index (χ4v) is 3.92. The van der Waals surface area contributed by atoms with E-state index in [1.807, 2.05) is 6.07 Å². The van der Waals surface area contributed by atoms with Crippen molar-refractivity contribution in [3.05, 3.63) is 30.3 Å². The third-order valence-electron chi connectivity index (χ3n) is 4.89. The van der Waals surface area contributed by atoms with Crippen molar-refractivity contribution in [2.75, 3.05) is 11.4 Å². The van der Waals surface area contributed by atoms with Crippen LogP contribution in [0.2, 0.25) is 0 Å². The average molecular weight is 288 g/mol. The summed E-state index contributed by atoms with van der Waals surface area (Å²) in [6, 6.07) is 8.85. The first-order chi connectivity index (χ1) is 10.1. The molecule has 2 aliphatic carbocycles. The van der Waals surface area contributed by atoms with E-state index in [2.05, 4.69) is 0 Å². The number of rotatable bonds is 4. The molecule has 1 amide bonds. The van der Waals surface area contributed by atoms with Gasteiger partial charge in [-0.05, 0) is 43.2 Å². The van der Waals surface area contributed by atoms with E-state index in [0.29, 0.717) is 17.5 Å². The number of nitrogens with zero attached hydrogens (tertiary/aromatic N) is 1. The quantitative estimate of drug-likeness (QED) is 0.879. The van der Waals surface area contributed by atoms with Crippen LogP contribution in [0.3, 0.4) is 0 Å². The number of benzene rings is 1. The van der Waals surface area contributed by atoms with Gasteiger partial charge in [-0.1, -0.05) is 18.2 Å². The second-order valence-corrected chi connectivity index (χ2v) is 6.09. The first kappa shape index (κ1) is 14.1. The van der Waals surface area contributed by atoms with Crippen molar-refractivity contribution in [3.63, 3.8) is 0 Å². The predicted octanol–water partition coefficient (Wildman–Crippen LogP) is 1.48. The number of carbonyl (C=O) groups is 2. The number of anilines is 1. The number of fused-ring (bicyclic) bond motifs is 2. The van der Waals surface area contributed by atoms with Gasteiger partial charge in [0.25, 0.3) is 0 Å². The number of carbonyl (C=O) groups excluding carboxylic acids is 1. The summed E-state index contributed by atoms with van der Waals surface area (Å²) in [5, 5.41) is 9.11. The third kappa shape index (κ3) is 2.53. The van der Waals surface area contributed by atoms with Crippen molar-refractivity contribution in [3.8, 4) is 0 Å². The molecule has 2 saturated carbocycles. The molecule has 5 nitrogen and oxygen atoms in total. The number of amides is 1. The number of hydrogen-bond donors (Lipinski definition) is 2. The molecule has 112 valence electrons. The highest BCUT2D eigenvalue weighted by Gasteiger charge is 2.50. The van der Waals surface area contributed by atoms with Crippen molar-refractivity contribution in [1.29, 1.82) is 0 Å². The van der Waals surface area contributed by atoms with Gasteiger partial charge in [0.1, 0.15) is 6.54 Å². The van der Waals surface area contributed by atoms with E-state index in [1.165, 1.54) is 4.90 Å². The predicted molar refractivity (Wildman–Crippen MR) is 78.7 cm³/mol. The van der Waals surface area contributed by atoms with Crippen molar-refractivity contribution in [2.45, 2.75) is 25.3 Å². The summed E-state index contributed by atoms with van der Waals surface area (Å²) in [5.74, 6) is -0.639. The molecule has 0 aliphatic heterocycles. The lowest BCUT2D eigenvalue weighted by Gasteiger charge is -2.32. The molecule has 4 unspecified atom stereocenters. The molecular formula is C16H20N2O3. The minimum absolute atomic E-state index is 0.128. The van der Waals surface area contributed by atoms with E-state index in [0.717, 1.165) is 19.3 Å². The second kappa shape index (κ2) is 5.48. The maximum Gasteiger partial charge on any atom is 0.323 e. The van der Waals surface area contributed by atoms with Gasteiger partial charge in [0.15, 0.2) is 0 Å². The van der Waals surface area contributed by atoms with Crippen LogP contribution in [0, 0.1) is 17.8 Å². The van der Waals surface area contributed by atoms with Gasteiger partial charge in [0.05, 0.1) is 5.92 Å². The normalized spacial score (nSPS) is 30.3. The highest BCUT2D eigenvalue weighted by molar-refractivity contribution is 5.99. The smallest absolute Gasteiger partial charge is 0.323 e. The zero-order valence-electron chi connectivity index (χ0n) is 11.8. The largest absolute Gasteiger partial charge is 0.480 e. The highest BCUT2D eigenvalue weighted by atomic mass is 16.4. The summed E-state index contributed by atoms with van der Waals surface area (Å²) >= 11 is 0. The summed E-state index contributed by atoms with van der Waals surface area (Å²) in [6.45, 7) is -0.316. The molecule has 0 heterocycles. The molecule has 5 heteroatoms. The molecule has 0 spiro atoms. The molecule has 0 saturated heterocycles. The van der Waals surface area contributed by atoms with Crippen molar-refractivity contribution < 1.29 is 14.7 Å². The maximum absolute atomic E-state index is 12.9. The number of carboxylic acid groups (broad SMARTS) is 1. The van der Waals surface area contributed by atoms with Crippen LogP contribution in [0.15, 0.2) is 30.3 Å². The Bertz CT molecular complexity index is 544. The summed E-state index contributed by atoms with van der Waals surface area (Å²) in [6.07, 6.45) is 3.14. The Morgan fingerprint density at radius 2 is 1.86 bits per heavy atom. The molecule has 2 bridgehead atoms. The van der Waals surface area contributed by atoms with E-state index in [9.17, 15) is 9.59 Å². The molecule has 3 N–H and O–H groups in total. The molecule has 0 radical (unpaired) electrons. The van der Waals surface area contributed by atoms with Crippen LogP contribution in [0.1, 0.15) is 19.3 Å². The molecular weight excluding hydrogens is 268 g/mol. The van der Waals surface area contributed by atoms with E-state index in [-0.39, 0.29) is 24.4 Å². The number of nitrogens with two attached hydrogens (primary N) is 1. The number of carboxylic acids is 1. The van der Waals surface area contributed by atoms with Gasteiger partial charge in [-0.3, -0.25) is 9.59 Å². The topological polar surface area (TPSA) is 83.6 Å². The lowest BCUT2D eigenvalue weighted by molar-refractivity contribution is -0.137. The van der Waals surface area contributed by atoms with Crippen LogP contribution in [0.4, 0.5) is 5.69 Å².